The maximum absolute atomic E-state index is 14.1. The molecule has 0 aliphatic rings. The third-order valence-electron chi connectivity index (χ3n) is 6.07. The van der Waals surface area contributed by atoms with Gasteiger partial charge in [-0.3, -0.25) is 9.59 Å². The maximum atomic E-state index is 14.1. The van der Waals surface area contributed by atoms with E-state index in [-0.39, 0.29) is 30.3 Å². The summed E-state index contributed by atoms with van der Waals surface area (Å²) in [4.78, 5) is 24.3. The van der Waals surface area contributed by atoms with Crippen LogP contribution in [0.15, 0.2) is 65.5 Å². The highest BCUT2D eigenvalue weighted by molar-refractivity contribution is 5.77. The summed E-state index contributed by atoms with van der Waals surface area (Å²) in [6, 6.07) is 14.6. The first-order valence-electron chi connectivity index (χ1n) is 11.2. The summed E-state index contributed by atoms with van der Waals surface area (Å²) >= 11 is 0. The fourth-order valence-electron chi connectivity index (χ4n) is 4.02. The molecule has 0 fully saturated rings. The van der Waals surface area contributed by atoms with E-state index in [0.29, 0.717) is 17.5 Å². The van der Waals surface area contributed by atoms with Crippen LogP contribution < -0.4 is 5.56 Å². The van der Waals surface area contributed by atoms with Crippen LogP contribution in [0, 0.1) is 23.4 Å². The van der Waals surface area contributed by atoms with Gasteiger partial charge in [0.15, 0.2) is 11.6 Å². The zero-order valence-electron chi connectivity index (χ0n) is 18.9. The largest absolute Gasteiger partial charge is 0.481 e. The number of hydrogen-bond acceptors (Lipinski definition) is 5. The highest BCUT2D eigenvalue weighted by Gasteiger charge is 2.26. The highest BCUT2D eigenvalue weighted by atomic mass is 19.2. The predicted molar refractivity (Wildman–Crippen MR) is 126 cm³/mol. The van der Waals surface area contributed by atoms with Gasteiger partial charge in [-0.25, -0.2) is 17.9 Å². The molecule has 2 N–H and O–H groups in total. The molecule has 10 heteroatoms. The van der Waals surface area contributed by atoms with E-state index in [0.717, 1.165) is 28.4 Å². The number of carboxylic acids is 1. The van der Waals surface area contributed by atoms with Gasteiger partial charge in [0.2, 0.25) is 0 Å². The lowest BCUT2D eigenvalue weighted by atomic mass is 9.93. The van der Waals surface area contributed by atoms with E-state index in [1.165, 1.54) is 18.2 Å². The van der Waals surface area contributed by atoms with Crippen molar-refractivity contribution < 1.29 is 28.2 Å². The van der Waals surface area contributed by atoms with Gasteiger partial charge in [0.25, 0.3) is 5.56 Å². The number of rotatable bonds is 9. The van der Waals surface area contributed by atoms with Gasteiger partial charge in [-0.1, -0.05) is 41.6 Å². The van der Waals surface area contributed by atoms with Crippen molar-refractivity contribution in [2.45, 2.75) is 31.9 Å². The first-order chi connectivity index (χ1) is 17.2. The van der Waals surface area contributed by atoms with E-state index >= 15 is 0 Å². The number of benzene rings is 3. The Morgan fingerprint density at radius 2 is 1.64 bits per heavy atom. The number of aliphatic carboxylic acids is 1. The number of aryl methyl sites for hydroxylation is 2. The van der Waals surface area contributed by atoms with E-state index in [2.05, 4.69) is 10.3 Å². The lowest BCUT2D eigenvalue weighted by Crippen LogP contribution is -2.32. The number of nitrogens with zero attached hydrogens (tertiary/aromatic N) is 3. The third-order valence-corrected chi connectivity index (χ3v) is 6.07. The minimum absolute atomic E-state index is 0.0988. The number of aromatic nitrogens is 3. The molecule has 36 heavy (non-hydrogen) atoms. The molecule has 4 rings (SSSR count). The van der Waals surface area contributed by atoms with Crippen molar-refractivity contribution in [1.82, 2.24) is 15.0 Å². The second kappa shape index (κ2) is 10.7. The molecule has 0 radical (unpaired) electrons. The summed E-state index contributed by atoms with van der Waals surface area (Å²) in [6.45, 7) is -0.160. The Hall–Kier alpha value is -4.05. The molecule has 0 saturated heterocycles. The van der Waals surface area contributed by atoms with Crippen molar-refractivity contribution in [3.8, 4) is 11.1 Å². The minimum Gasteiger partial charge on any atom is -0.481 e. The van der Waals surface area contributed by atoms with Crippen LogP contribution in [0.5, 0.6) is 0 Å². The second-order valence-corrected chi connectivity index (χ2v) is 8.42. The highest BCUT2D eigenvalue weighted by Crippen LogP contribution is 2.23. The molecule has 1 heterocycles. The van der Waals surface area contributed by atoms with Crippen LogP contribution in [0.3, 0.4) is 0 Å². The molecule has 2 atom stereocenters. The van der Waals surface area contributed by atoms with Crippen LogP contribution in [-0.2, 0) is 17.8 Å². The first kappa shape index (κ1) is 25.1. The molecule has 1 aromatic heterocycles. The van der Waals surface area contributed by atoms with E-state index in [1.807, 2.05) is 0 Å². The van der Waals surface area contributed by atoms with Gasteiger partial charge in [0.1, 0.15) is 16.7 Å². The lowest BCUT2D eigenvalue weighted by Gasteiger charge is -2.19. The molecule has 4 aromatic rings. The number of carbonyl (C=O) groups is 1. The summed E-state index contributed by atoms with van der Waals surface area (Å²) in [5.74, 6) is -5.03. The topological polar surface area (TPSA) is 105 Å². The van der Waals surface area contributed by atoms with E-state index < -0.39 is 41.0 Å². The SMILES string of the molecule is O=C(O)C(CCn1nnc2cccc(F)c2c1=O)[C@H](O)CCc1ccc(-c2ccc(F)c(F)c2)cc1. The standard InChI is InChI=1S/C26H22F3N3O4/c27-19-10-9-17(14-21(19)29)16-7-4-15(5-8-16)6-11-23(33)18(26(35)36)12-13-32-25(34)24-20(28)2-1-3-22(24)30-31-32/h1-5,7-10,14,18,23,33H,6,11-13H2,(H,35,36)/t18?,23-/m1/s1. The Morgan fingerprint density at radius 1 is 0.917 bits per heavy atom. The zero-order chi connectivity index (χ0) is 25.8. The number of hydrogen-bond donors (Lipinski definition) is 2. The second-order valence-electron chi connectivity index (χ2n) is 8.42. The Morgan fingerprint density at radius 3 is 2.33 bits per heavy atom. The zero-order valence-corrected chi connectivity index (χ0v) is 18.9. The monoisotopic (exact) mass is 497 g/mol. The smallest absolute Gasteiger partial charge is 0.309 e. The minimum atomic E-state index is -1.23. The Balaban J connectivity index is 1.39. The van der Waals surface area contributed by atoms with Gasteiger partial charge in [-0.2, -0.15) is 0 Å². The van der Waals surface area contributed by atoms with Gasteiger partial charge < -0.3 is 10.2 Å². The molecule has 1 unspecified atom stereocenters. The number of halogens is 3. The number of aliphatic hydroxyl groups is 1. The van der Waals surface area contributed by atoms with Crippen molar-refractivity contribution in [2.24, 2.45) is 5.92 Å². The van der Waals surface area contributed by atoms with E-state index in [4.69, 9.17) is 0 Å². The molecule has 0 aliphatic heterocycles. The molecule has 186 valence electrons. The Labute approximate surface area is 203 Å². The molecule has 0 amide bonds. The van der Waals surface area contributed by atoms with Crippen molar-refractivity contribution in [3.63, 3.8) is 0 Å². The molecule has 3 aromatic carbocycles. The van der Waals surface area contributed by atoms with Crippen LogP contribution >= 0.6 is 0 Å². The Kier molecular flexibility index (Phi) is 7.44. The molecule has 0 bridgehead atoms. The van der Waals surface area contributed by atoms with Crippen LogP contribution in [0.1, 0.15) is 18.4 Å². The number of fused-ring (bicyclic) bond motifs is 1. The molecular formula is C26H22F3N3O4. The van der Waals surface area contributed by atoms with Crippen LogP contribution in [0.2, 0.25) is 0 Å². The molecule has 0 aliphatic carbocycles. The molecular weight excluding hydrogens is 475 g/mol. The third kappa shape index (κ3) is 5.44. The quantitative estimate of drug-likeness (QED) is 0.363. The molecule has 0 spiro atoms. The predicted octanol–water partition coefficient (Wildman–Crippen LogP) is 3.96. The van der Waals surface area contributed by atoms with Crippen molar-refractivity contribution in [3.05, 3.63) is 94.0 Å². The van der Waals surface area contributed by atoms with Crippen LogP contribution in [0.4, 0.5) is 13.2 Å². The van der Waals surface area contributed by atoms with Crippen molar-refractivity contribution in [1.29, 1.82) is 0 Å². The Bertz CT molecular complexity index is 1460. The van der Waals surface area contributed by atoms with Gasteiger partial charge in [-0.05, 0) is 60.2 Å². The summed E-state index contributed by atoms with van der Waals surface area (Å²) in [5.41, 5.74) is 1.38. The molecule has 0 saturated carbocycles. The van der Waals surface area contributed by atoms with Gasteiger partial charge in [-0.15, -0.1) is 5.10 Å². The van der Waals surface area contributed by atoms with Crippen molar-refractivity contribution >= 4 is 16.9 Å². The van der Waals surface area contributed by atoms with Crippen LogP contribution in [0.25, 0.3) is 22.0 Å². The van der Waals surface area contributed by atoms with E-state index in [1.54, 1.807) is 24.3 Å². The lowest BCUT2D eigenvalue weighted by molar-refractivity contribution is -0.146. The molecule has 7 nitrogen and oxygen atoms in total. The normalized spacial score (nSPS) is 13.0. The van der Waals surface area contributed by atoms with Gasteiger partial charge in [0, 0.05) is 6.54 Å². The van der Waals surface area contributed by atoms with Crippen LogP contribution in [-0.4, -0.2) is 37.3 Å². The maximum Gasteiger partial charge on any atom is 0.309 e. The van der Waals surface area contributed by atoms with Gasteiger partial charge in [0.05, 0.1) is 12.0 Å². The average Bonchev–Trinajstić information content (AvgIpc) is 2.86. The number of carboxylic acid groups (broad SMARTS) is 1. The summed E-state index contributed by atoms with van der Waals surface area (Å²) in [6.07, 6.45) is -0.826. The summed E-state index contributed by atoms with van der Waals surface area (Å²) in [7, 11) is 0. The summed E-state index contributed by atoms with van der Waals surface area (Å²) in [5, 5.41) is 27.5. The van der Waals surface area contributed by atoms with Gasteiger partial charge >= 0.3 is 5.97 Å². The average molecular weight is 497 g/mol. The fourth-order valence-corrected chi connectivity index (χ4v) is 4.02. The summed E-state index contributed by atoms with van der Waals surface area (Å²) < 4.78 is 41.6. The van der Waals surface area contributed by atoms with E-state index in [9.17, 15) is 33.0 Å². The number of aliphatic hydroxyl groups excluding tert-OH is 1. The van der Waals surface area contributed by atoms with Crippen molar-refractivity contribution in [2.75, 3.05) is 0 Å². The first-order valence-corrected chi connectivity index (χ1v) is 11.2. The fraction of sp³-hybridized carbons (Fsp3) is 0.231.